The summed E-state index contributed by atoms with van der Waals surface area (Å²) in [5, 5.41) is 0. The van der Waals surface area contributed by atoms with Gasteiger partial charge in [-0.3, -0.25) is 9.59 Å². The summed E-state index contributed by atoms with van der Waals surface area (Å²) in [6.45, 7) is 1.71. The average Bonchev–Trinajstić information content (AvgIpc) is 2.62. The van der Waals surface area contributed by atoms with Crippen LogP contribution in [0.25, 0.3) is 11.1 Å². The van der Waals surface area contributed by atoms with Gasteiger partial charge in [0.15, 0.2) is 0 Å². The number of hydrogen-bond acceptors (Lipinski definition) is 2. The molecule has 4 heteroatoms. The number of fused-ring (bicyclic) bond motifs is 3. The molecular formula is C18H18N2O2. The minimum absolute atomic E-state index is 0.108. The molecule has 2 aromatic carbocycles. The first-order valence-electron chi connectivity index (χ1n) is 7.27. The highest BCUT2D eigenvalue weighted by atomic mass is 16.2. The molecule has 1 heterocycles. The van der Waals surface area contributed by atoms with Gasteiger partial charge in [0.05, 0.1) is 17.5 Å². The van der Waals surface area contributed by atoms with E-state index in [4.69, 9.17) is 5.73 Å². The number of likely N-dealkylation sites (N-methyl/N-ethyl adjacent to an activating group) is 1. The first kappa shape index (κ1) is 14.3. The molecular weight excluding hydrogens is 276 g/mol. The molecule has 1 aliphatic heterocycles. The quantitative estimate of drug-likeness (QED) is 0.925. The zero-order chi connectivity index (χ0) is 15.9. The van der Waals surface area contributed by atoms with Crippen LogP contribution in [0.5, 0.6) is 0 Å². The molecule has 1 aliphatic rings. The average molecular weight is 294 g/mol. The number of carbonyl (C=O) groups excluding carboxylic acids is 2. The highest BCUT2D eigenvalue weighted by Crippen LogP contribution is 2.42. The minimum Gasteiger partial charge on any atom is -0.369 e. The largest absolute Gasteiger partial charge is 0.369 e. The molecule has 4 nitrogen and oxygen atoms in total. The number of nitrogens with two attached hydrogens (primary N) is 1. The molecule has 3 rings (SSSR count). The van der Waals surface area contributed by atoms with Gasteiger partial charge in [-0.25, -0.2) is 0 Å². The van der Waals surface area contributed by atoms with E-state index in [0.29, 0.717) is 0 Å². The third kappa shape index (κ3) is 2.08. The fraction of sp³-hybridized carbons (Fsp3) is 0.222. The van der Waals surface area contributed by atoms with Crippen LogP contribution < -0.4 is 10.6 Å². The van der Waals surface area contributed by atoms with Crippen LogP contribution in [-0.4, -0.2) is 18.9 Å². The summed E-state index contributed by atoms with van der Waals surface area (Å²) in [6, 6.07) is 15.5. The summed E-state index contributed by atoms with van der Waals surface area (Å²) in [4.78, 5) is 26.3. The maximum Gasteiger partial charge on any atom is 0.235 e. The maximum atomic E-state index is 12.9. The predicted octanol–water partition coefficient (Wildman–Crippen LogP) is 2.54. The normalized spacial score (nSPS) is 18.2. The second kappa shape index (κ2) is 5.30. The number of carbonyl (C=O) groups is 2. The van der Waals surface area contributed by atoms with E-state index in [2.05, 4.69) is 0 Å². The lowest BCUT2D eigenvalue weighted by Crippen LogP contribution is -2.38. The van der Waals surface area contributed by atoms with Crippen molar-refractivity contribution < 1.29 is 9.59 Å². The summed E-state index contributed by atoms with van der Waals surface area (Å²) < 4.78 is 0. The third-order valence-corrected chi connectivity index (χ3v) is 4.40. The fourth-order valence-electron chi connectivity index (χ4n) is 3.12. The summed E-state index contributed by atoms with van der Waals surface area (Å²) >= 11 is 0. The SMILES string of the molecule is CC(C(N)=O)[C@@H]1C(=O)N(C)c2ccccc2-c2ccccc21. The Morgan fingerprint density at radius 2 is 1.68 bits per heavy atom. The standard InChI is InChI=1S/C18H18N2O2/c1-11(17(19)21)16-14-9-4-3-7-12(14)13-8-5-6-10-15(13)20(2)18(16)22/h3-11,16H,1-2H3,(H2,19,21)/t11?,16-/m0/s1. The molecule has 0 fully saturated rings. The summed E-state index contributed by atoms with van der Waals surface area (Å²) in [5.74, 6) is -1.70. The van der Waals surface area contributed by atoms with Gasteiger partial charge >= 0.3 is 0 Å². The van der Waals surface area contributed by atoms with Crippen LogP contribution in [0.1, 0.15) is 18.4 Å². The molecule has 0 spiro atoms. The highest BCUT2D eigenvalue weighted by Gasteiger charge is 2.37. The Kier molecular flexibility index (Phi) is 3.45. The van der Waals surface area contributed by atoms with Gasteiger partial charge in [-0.2, -0.15) is 0 Å². The van der Waals surface area contributed by atoms with Gasteiger partial charge < -0.3 is 10.6 Å². The van der Waals surface area contributed by atoms with Crippen molar-refractivity contribution in [3.8, 4) is 11.1 Å². The van der Waals surface area contributed by atoms with Crippen LogP contribution in [0.4, 0.5) is 5.69 Å². The predicted molar refractivity (Wildman–Crippen MR) is 86.4 cm³/mol. The Bertz CT molecular complexity index is 754. The number of primary amides is 1. The van der Waals surface area contributed by atoms with Gasteiger partial charge in [-0.05, 0) is 17.2 Å². The lowest BCUT2D eigenvalue weighted by Gasteiger charge is -2.25. The molecule has 0 aromatic heterocycles. The molecule has 0 saturated heterocycles. The summed E-state index contributed by atoms with van der Waals surface area (Å²) in [7, 11) is 1.74. The van der Waals surface area contributed by atoms with E-state index >= 15 is 0 Å². The zero-order valence-electron chi connectivity index (χ0n) is 12.6. The van der Waals surface area contributed by atoms with Crippen LogP contribution in [0.2, 0.25) is 0 Å². The van der Waals surface area contributed by atoms with Gasteiger partial charge in [0.25, 0.3) is 0 Å². The Morgan fingerprint density at radius 3 is 2.36 bits per heavy atom. The second-order valence-electron chi connectivity index (χ2n) is 5.67. The van der Waals surface area contributed by atoms with Gasteiger partial charge in [-0.1, -0.05) is 49.4 Å². The van der Waals surface area contributed by atoms with Crippen LogP contribution in [-0.2, 0) is 9.59 Å². The second-order valence-corrected chi connectivity index (χ2v) is 5.67. The molecule has 2 amide bonds. The van der Waals surface area contributed by atoms with Crippen LogP contribution in [0, 0.1) is 5.92 Å². The number of para-hydroxylation sites is 1. The van der Waals surface area contributed by atoms with Gasteiger partial charge in [0.2, 0.25) is 11.8 Å². The number of hydrogen-bond donors (Lipinski definition) is 1. The zero-order valence-corrected chi connectivity index (χ0v) is 12.6. The number of benzene rings is 2. The molecule has 2 N–H and O–H groups in total. The van der Waals surface area contributed by atoms with E-state index in [1.807, 2.05) is 48.5 Å². The Balaban J connectivity index is 2.30. The van der Waals surface area contributed by atoms with Crippen molar-refractivity contribution >= 4 is 17.5 Å². The Hall–Kier alpha value is -2.62. The van der Waals surface area contributed by atoms with Gasteiger partial charge in [-0.15, -0.1) is 0 Å². The number of amides is 2. The van der Waals surface area contributed by atoms with Crippen LogP contribution >= 0.6 is 0 Å². The van der Waals surface area contributed by atoms with E-state index in [-0.39, 0.29) is 5.91 Å². The van der Waals surface area contributed by atoms with Crippen molar-refractivity contribution in [2.75, 3.05) is 11.9 Å². The minimum atomic E-state index is -0.564. The summed E-state index contributed by atoms with van der Waals surface area (Å²) in [6.07, 6.45) is 0. The van der Waals surface area contributed by atoms with Gasteiger partial charge in [0.1, 0.15) is 0 Å². The number of anilines is 1. The molecule has 2 atom stereocenters. The number of nitrogens with zero attached hydrogens (tertiary/aromatic N) is 1. The van der Waals surface area contributed by atoms with Crippen molar-refractivity contribution in [3.05, 3.63) is 54.1 Å². The van der Waals surface area contributed by atoms with Crippen LogP contribution in [0.15, 0.2) is 48.5 Å². The van der Waals surface area contributed by atoms with Crippen LogP contribution in [0.3, 0.4) is 0 Å². The number of rotatable bonds is 2. The molecule has 22 heavy (non-hydrogen) atoms. The molecule has 0 bridgehead atoms. The van der Waals surface area contributed by atoms with E-state index < -0.39 is 17.7 Å². The molecule has 0 saturated carbocycles. The lowest BCUT2D eigenvalue weighted by atomic mass is 9.83. The first-order valence-corrected chi connectivity index (χ1v) is 7.27. The van der Waals surface area contributed by atoms with Crippen molar-refractivity contribution in [1.29, 1.82) is 0 Å². The lowest BCUT2D eigenvalue weighted by molar-refractivity contribution is -0.128. The Morgan fingerprint density at radius 1 is 1.09 bits per heavy atom. The van der Waals surface area contributed by atoms with Crippen molar-refractivity contribution in [3.63, 3.8) is 0 Å². The van der Waals surface area contributed by atoms with Crippen molar-refractivity contribution in [2.24, 2.45) is 11.7 Å². The molecule has 0 radical (unpaired) electrons. The first-order chi connectivity index (χ1) is 10.5. The maximum absolute atomic E-state index is 12.9. The smallest absolute Gasteiger partial charge is 0.235 e. The Labute approximate surface area is 129 Å². The van der Waals surface area contributed by atoms with Gasteiger partial charge in [0, 0.05) is 12.6 Å². The fourth-order valence-corrected chi connectivity index (χ4v) is 3.12. The molecule has 0 aliphatic carbocycles. The van der Waals surface area contributed by atoms with E-state index in [0.717, 1.165) is 22.4 Å². The van der Waals surface area contributed by atoms with E-state index in [1.165, 1.54) is 0 Å². The van der Waals surface area contributed by atoms with Crippen molar-refractivity contribution in [1.82, 2.24) is 0 Å². The highest BCUT2D eigenvalue weighted by molar-refractivity contribution is 6.06. The molecule has 2 aromatic rings. The van der Waals surface area contributed by atoms with E-state index in [9.17, 15) is 9.59 Å². The molecule has 1 unspecified atom stereocenters. The third-order valence-electron chi connectivity index (χ3n) is 4.40. The monoisotopic (exact) mass is 294 g/mol. The summed E-state index contributed by atoms with van der Waals surface area (Å²) in [5.41, 5.74) is 9.16. The van der Waals surface area contributed by atoms with E-state index in [1.54, 1.807) is 18.9 Å². The van der Waals surface area contributed by atoms with Crippen molar-refractivity contribution in [2.45, 2.75) is 12.8 Å². The molecule has 112 valence electrons. The topological polar surface area (TPSA) is 63.4 Å².